The first kappa shape index (κ1) is 13.9. The lowest BCUT2D eigenvalue weighted by Gasteiger charge is -2.30. The van der Waals surface area contributed by atoms with Crippen LogP contribution in [0.15, 0.2) is 28.7 Å². The van der Waals surface area contributed by atoms with Crippen LogP contribution in [0.3, 0.4) is 0 Å². The number of aliphatic carboxylic acids is 1. The zero-order chi connectivity index (χ0) is 13.8. The summed E-state index contributed by atoms with van der Waals surface area (Å²) in [5.41, 5.74) is 0.700. The number of carboxylic acid groups (broad SMARTS) is 1. The van der Waals surface area contributed by atoms with Crippen LogP contribution in [-0.4, -0.2) is 35.1 Å². The second-order valence-electron chi connectivity index (χ2n) is 4.56. The minimum absolute atomic E-state index is 0.242. The summed E-state index contributed by atoms with van der Waals surface area (Å²) in [4.78, 5) is 24.5. The number of likely N-dealkylation sites (tertiary alicyclic amines) is 1. The number of hydrogen-bond acceptors (Lipinski definition) is 2. The van der Waals surface area contributed by atoms with Gasteiger partial charge in [-0.25, -0.2) is 4.79 Å². The van der Waals surface area contributed by atoms with Crippen LogP contribution in [-0.2, 0) is 4.79 Å². The van der Waals surface area contributed by atoms with Gasteiger partial charge in [0.1, 0.15) is 0 Å². The fraction of sp³-hybridized carbons (Fsp3) is 0.385. The third-order valence-corrected chi connectivity index (χ3v) is 3.68. The van der Waals surface area contributed by atoms with Crippen LogP contribution in [0, 0.1) is 5.92 Å². The van der Waals surface area contributed by atoms with Gasteiger partial charge in [-0.15, -0.1) is 0 Å². The summed E-state index contributed by atoms with van der Waals surface area (Å²) in [5.74, 6) is -1.29. The van der Waals surface area contributed by atoms with Crippen molar-refractivity contribution in [1.29, 1.82) is 0 Å². The quantitative estimate of drug-likeness (QED) is 0.877. The van der Waals surface area contributed by atoms with E-state index in [1.165, 1.54) is 0 Å². The number of benzene rings is 1. The highest BCUT2D eigenvalue weighted by molar-refractivity contribution is 9.10. The molecule has 0 spiro atoms. The van der Waals surface area contributed by atoms with E-state index in [2.05, 4.69) is 21.2 Å². The monoisotopic (exact) mass is 326 g/mol. The van der Waals surface area contributed by atoms with Gasteiger partial charge in [-0.1, -0.05) is 15.9 Å². The Morgan fingerprint density at radius 3 is 2.63 bits per heavy atom. The second-order valence-corrected chi connectivity index (χ2v) is 5.48. The Labute approximate surface area is 119 Å². The van der Waals surface area contributed by atoms with Crippen LogP contribution in [0.4, 0.5) is 10.5 Å². The first-order chi connectivity index (χ1) is 9.06. The van der Waals surface area contributed by atoms with Crippen molar-refractivity contribution < 1.29 is 14.7 Å². The first-order valence-electron chi connectivity index (χ1n) is 6.10. The summed E-state index contributed by atoms with van der Waals surface area (Å²) < 4.78 is 0.939. The van der Waals surface area contributed by atoms with E-state index >= 15 is 0 Å². The van der Waals surface area contributed by atoms with Gasteiger partial charge in [0.05, 0.1) is 5.92 Å². The summed E-state index contributed by atoms with van der Waals surface area (Å²) in [6, 6.07) is 7.02. The van der Waals surface area contributed by atoms with Crippen LogP contribution in [0.5, 0.6) is 0 Å². The molecule has 1 heterocycles. The highest BCUT2D eigenvalue weighted by Crippen LogP contribution is 2.19. The molecule has 2 N–H and O–H groups in total. The molecular weight excluding hydrogens is 312 g/mol. The van der Waals surface area contributed by atoms with E-state index in [0.29, 0.717) is 18.7 Å². The number of anilines is 1. The number of carbonyl (C=O) groups is 2. The largest absolute Gasteiger partial charge is 0.481 e. The van der Waals surface area contributed by atoms with Gasteiger partial charge in [0.25, 0.3) is 0 Å². The highest BCUT2D eigenvalue weighted by Gasteiger charge is 2.28. The average molecular weight is 327 g/mol. The molecule has 1 fully saturated rings. The fourth-order valence-electron chi connectivity index (χ4n) is 2.10. The molecule has 0 radical (unpaired) electrons. The molecule has 1 atom stereocenters. The first-order valence-corrected chi connectivity index (χ1v) is 6.90. The van der Waals surface area contributed by atoms with Crippen LogP contribution in [0.2, 0.25) is 0 Å². The highest BCUT2D eigenvalue weighted by atomic mass is 79.9. The zero-order valence-electron chi connectivity index (χ0n) is 10.3. The number of nitrogens with zero attached hydrogens (tertiary/aromatic N) is 1. The number of nitrogens with one attached hydrogen (secondary N) is 1. The molecule has 1 aromatic rings. The van der Waals surface area contributed by atoms with E-state index in [1.54, 1.807) is 17.0 Å². The number of carboxylic acids is 1. The number of halogens is 1. The molecule has 1 aromatic carbocycles. The molecule has 0 bridgehead atoms. The van der Waals surface area contributed by atoms with Gasteiger partial charge >= 0.3 is 12.0 Å². The summed E-state index contributed by atoms with van der Waals surface area (Å²) in [6.45, 7) is 0.879. The molecule has 0 unspecified atom stereocenters. The molecule has 2 rings (SSSR count). The van der Waals surface area contributed by atoms with Crippen LogP contribution >= 0.6 is 15.9 Å². The van der Waals surface area contributed by atoms with E-state index in [-0.39, 0.29) is 12.6 Å². The van der Waals surface area contributed by atoms with Gasteiger partial charge in [0.15, 0.2) is 0 Å². The number of amides is 2. The van der Waals surface area contributed by atoms with Crippen molar-refractivity contribution in [3.05, 3.63) is 28.7 Å². The number of hydrogen-bond donors (Lipinski definition) is 2. The summed E-state index contributed by atoms with van der Waals surface area (Å²) in [7, 11) is 0. The molecule has 19 heavy (non-hydrogen) atoms. The summed E-state index contributed by atoms with van der Waals surface area (Å²) in [5, 5.41) is 11.8. The van der Waals surface area contributed by atoms with Crippen molar-refractivity contribution in [1.82, 2.24) is 4.90 Å². The molecule has 2 amide bonds. The molecule has 1 aliphatic heterocycles. The third-order valence-electron chi connectivity index (χ3n) is 3.15. The van der Waals surface area contributed by atoms with E-state index in [9.17, 15) is 9.59 Å². The van der Waals surface area contributed by atoms with E-state index in [1.807, 2.05) is 12.1 Å². The minimum atomic E-state index is -0.832. The van der Waals surface area contributed by atoms with Gasteiger partial charge in [-0.2, -0.15) is 0 Å². The minimum Gasteiger partial charge on any atom is -0.481 e. The number of piperidine rings is 1. The van der Waals surface area contributed by atoms with E-state index in [0.717, 1.165) is 10.9 Å². The molecule has 102 valence electrons. The Bertz CT molecular complexity index is 475. The smallest absolute Gasteiger partial charge is 0.321 e. The lowest BCUT2D eigenvalue weighted by atomic mass is 9.99. The SMILES string of the molecule is O=C(O)[C@@H]1CCCN(C(=O)Nc2ccc(Br)cc2)C1. The van der Waals surface area contributed by atoms with Crippen molar-refractivity contribution in [2.45, 2.75) is 12.8 Å². The predicted octanol–water partition coefficient (Wildman–Crippen LogP) is 2.78. The van der Waals surface area contributed by atoms with Crippen molar-refractivity contribution in [2.24, 2.45) is 5.92 Å². The molecule has 6 heteroatoms. The van der Waals surface area contributed by atoms with Gasteiger partial charge in [-0.05, 0) is 37.1 Å². The average Bonchev–Trinajstić information content (AvgIpc) is 2.41. The molecule has 0 aliphatic carbocycles. The molecule has 1 aliphatic rings. The van der Waals surface area contributed by atoms with Crippen molar-refractivity contribution >= 4 is 33.6 Å². The van der Waals surface area contributed by atoms with Gasteiger partial charge in [0.2, 0.25) is 0 Å². The number of urea groups is 1. The van der Waals surface area contributed by atoms with Crippen molar-refractivity contribution in [3.8, 4) is 0 Å². The van der Waals surface area contributed by atoms with Crippen LogP contribution in [0.1, 0.15) is 12.8 Å². The van der Waals surface area contributed by atoms with E-state index in [4.69, 9.17) is 5.11 Å². The zero-order valence-corrected chi connectivity index (χ0v) is 11.9. The molecular formula is C13H15BrN2O3. The maximum absolute atomic E-state index is 12.0. The van der Waals surface area contributed by atoms with Gasteiger partial charge in [0, 0.05) is 23.2 Å². The normalized spacial score (nSPS) is 19.0. The second kappa shape index (κ2) is 6.06. The fourth-order valence-corrected chi connectivity index (χ4v) is 2.36. The molecule has 5 nitrogen and oxygen atoms in total. The Morgan fingerprint density at radius 1 is 1.32 bits per heavy atom. The number of rotatable bonds is 2. The number of carbonyl (C=O) groups excluding carboxylic acids is 1. The Balaban J connectivity index is 1.96. The van der Waals surface area contributed by atoms with Crippen LogP contribution < -0.4 is 5.32 Å². The van der Waals surface area contributed by atoms with Crippen molar-refractivity contribution in [3.63, 3.8) is 0 Å². The Kier molecular flexibility index (Phi) is 4.42. The Hall–Kier alpha value is -1.56. The maximum atomic E-state index is 12.0. The molecule has 0 aromatic heterocycles. The third kappa shape index (κ3) is 3.70. The van der Waals surface area contributed by atoms with Crippen LogP contribution in [0.25, 0.3) is 0 Å². The molecule has 1 saturated heterocycles. The topological polar surface area (TPSA) is 69.6 Å². The summed E-state index contributed by atoms with van der Waals surface area (Å²) >= 11 is 3.32. The Morgan fingerprint density at radius 2 is 2.00 bits per heavy atom. The summed E-state index contributed by atoms with van der Waals surface area (Å²) in [6.07, 6.45) is 1.36. The standard InChI is InChI=1S/C13H15BrN2O3/c14-10-3-5-11(6-4-10)15-13(19)16-7-1-2-9(8-16)12(17)18/h3-6,9H,1-2,7-8H2,(H,15,19)(H,17,18)/t9-/m1/s1. The lowest BCUT2D eigenvalue weighted by Crippen LogP contribution is -2.44. The van der Waals surface area contributed by atoms with Gasteiger partial charge < -0.3 is 15.3 Å². The van der Waals surface area contributed by atoms with E-state index < -0.39 is 11.9 Å². The van der Waals surface area contributed by atoms with Crippen molar-refractivity contribution in [2.75, 3.05) is 18.4 Å². The van der Waals surface area contributed by atoms with Gasteiger partial charge in [-0.3, -0.25) is 4.79 Å². The predicted molar refractivity (Wildman–Crippen MR) is 75.1 cm³/mol. The maximum Gasteiger partial charge on any atom is 0.321 e. The lowest BCUT2D eigenvalue weighted by molar-refractivity contribution is -0.143. The molecule has 0 saturated carbocycles.